The standard InChI is InChI=1S/C13H16FN3OS/c1-13(2,3)17-11(15-16-12(17)19)9-6-5-8(18-4)7-10(9)14/h5-7H,1-4H3,(H,16,19). The maximum absolute atomic E-state index is 14.1. The molecule has 0 fully saturated rings. The van der Waals surface area contributed by atoms with E-state index in [1.54, 1.807) is 16.7 Å². The molecule has 0 bridgehead atoms. The topological polar surface area (TPSA) is 42.8 Å². The summed E-state index contributed by atoms with van der Waals surface area (Å²) in [5.74, 6) is 0.564. The van der Waals surface area contributed by atoms with Crippen LogP contribution >= 0.6 is 12.2 Å². The molecule has 0 aliphatic carbocycles. The minimum absolute atomic E-state index is 0.286. The van der Waals surface area contributed by atoms with Crippen LogP contribution < -0.4 is 4.74 Å². The van der Waals surface area contributed by atoms with Gasteiger partial charge in [0.15, 0.2) is 10.6 Å². The van der Waals surface area contributed by atoms with Crippen LogP contribution in [0.4, 0.5) is 4.39 Å². The Morgan fingerprint density at radius 3 is 2.58 bits per heavy atom. The highest BCUT2D eigenvalue weighted by Gasteiger charge is 2.22. The molecule has 0 atom stereocenters. The van der Waals surface area contributed by atoms with Gasteiger partial charge in [-0.15, -0.1) is 0 Å². The van der Waals surface area contributed by atoms with E-state index in [1.165, 1.54) is 13.2 Å². The summed E-state index contributed by atoms with van der Waals surface area (Å²) in [5.41, 5.74) is 0.106. The van der Waals surface area contributed by atoms with Gasteiger partial charge in [-0.2, -0.15) is 5.10 Å². The van der Waals surface area contributed by atoms with E-state index in [0.29, 0.717) is 21.9 Å². The lowest BCUT2D eigenvalue weighted by molar-refractivity contribution is 0.394. The van der Waals surface area contributed by atoms with E-state index in [2.05, 4.69) is 10.2 Å². The normalized spacial score (nSPS) is 11.6. The van der Waals surface area contributed by atoms with E-state index >= 15 is 0 Å². The molecule has 0 saturated carbocycles. The largest absolute Gasteiger partial charge is 0.497 e. The van der Waals surface area contributed by atoms with Gasteiger partial charge in [-0.05, 0) is 45.1 Å². The number of rotatable bonds is 2. The quantitative estimate of drug-likeness (QED) is 0.857. The SMILES string of the molecule is COc1ccc(-c2n[nH]c(=S)n2C(C)(C)C)c(F)c1. The molecule has 2 aromatic rings. The summed E-state index contributed by atoms with van der Waals surface area (Å²) in [5, 5.41) is 6.85. The molecule has 1 N–H and O–H groups in total. The van der Waals surface area contributed by atoms with Crippen molar-refractivity contribution >= 4 is 12.2 Å². The minimum Gasteiger partial charge on any atom is -0.497 e. The Kier molecular flexibility index (Phi) is 3.45. The van der Waals surface area contributed by atoms with Gasteiger partial charge in [-0.25, -0.2) is 4.39 Å². The van der Waals surface area contributed by atoms with Crippen molar-refractivity contribution in [3.8, 4) is 17.1 Å². The Bertz CT molecular complexity index is 655. The summed E-state index contributed by atoms with van der Waals surface area (Å²) in [6.45, 7) is 5.97. The number of halogens is 1. The second-order valence-electron chi connectivity index (χ2n) is 5.20. The summed E-state index contributed by atoms with van der Waals surface area (Å²) in [7, 11) is 1.50. The van der Waals surface area contributed by atoms with Crippen LogP contribution in [0.5, 0.6) is 5.75 Å². The smallest absolute Gasteiger partial charge is 0.195 e. The first-order chi connectivity index (χ1) is 8.84. The Morgan fingerprint density at radius 1 is 1.37 bits per heavy atom. The van der Waals surface area contributed by atoms with Crippen LogP contribution in [0.1, 0.15) is 20.8 Å². The first-order valence-electron chi connectivity index (χ1n) is 5.86. The van der Waals surface area contributed by atoms with Gasteiger partial charge < -0.3 is 4.74 Å². The molecular weight excluding hydrogens is 265 g/mol. The predicted molar refractivity (Wildman–Crippen MR) is 74.4 cm³/mol. The van der Waals surface area contributed by atoms with E-state index in [0.717, 1.165) is 0 Å². The third-order valence-corrected chi connectivity index (χ3v) is 3.03. The van der Waals surface area contributed by atoms with Crippen molar-refractivity contribution < 1.29 is 9.13 Å². The Balaban J connectivity index is 2.64. The van der Waals surface area contributed by atoms with Crippen LogP contribution in [0, 0.1) is 10.6 Å². The molecule has 1 aromatic heterocycles. The fourth-order valence-corrected chi connectivity index (χ4v) is 2.31. The highest BCUT2D eigenvalue weighted by Crippen LogP contribution is 2.28. The predicted octanol–water partition coefficient (Wildman–Crippen LogP) is 3.51. The van der Waals surface area contributed by atoms with Crippen molar-refractivity contribution in [1.82, 2.24) is 14.8 Å². The van der Waals surface area contributed by atoms with Crippen LogP contribution in [0.15, 0.2) is 18.2 Å². The highest BCUT2D eigenvalue weighted by atomic mass is 32.1. The van der Waals surface area contributed by atoms with Crippen LogP contribution in [0.25, 0.3) is 11.4 Å². The molecule has 1 aromatic carbocycles. The molecule has 4 nitrogen and oxygen atoms in total. The van der Waals surface area contributed by atoms with E-state index in [9.17, 15) is 4.39 Å². The second kappa shape index (κ2) is 4.77. The monoisotopic (exact) mass is 281 g/mol. The summed E-state index contributed by atoms with van der Waals surface area (Å²) < 4.78 is 21.4. The number of benzene rings is 1. The number of nitrogens with zero attached hydrogens (tertiary/aromatic N) is 2. The summed E-state index contributed by atoms with van der Waals surface area (Å²) in [6, 6.07) is 4.67. The first-order valence-corrected chi connectivity index (χ1v) is 6.27. The van der Waals surface area contributed by atoms with Crippen molar-refractivity contribution in [2.24, 2.45) is 0 Å². The average molecular weight is 281 g/mol. The van der Waals surface area contributed by atoms with Crippen molar-refractivity contribution in [2.45, 2.75) is 26.3 Å². The van der Waals surface area contributed by atoms with E-state index in [4.69, 9.17) is 17.0 Å². The van der Waals surface area contributed by atoms with E-state index in [1.807, 2.05) is 20.8 Å². The van der Waals surface area contributed by atoms with Gasteiger partial charge >= 0.3 is 0 Å². The first kappa shape index (κ1) is 13.7. The number of aromatic amines is 1. The zero-order chi connectivity index (χ0) is 14.2. The maximum atomic E-state index is 14.1. The Hall–Kier alpha value is -1.69. The summed E-state index contributed by atoms with van der Waals surface area (Å²) in [4.78, 5) is 0. The fourth-order valence-electron chi connectivity index (χ4n) is 1.90. The number of methoxy groups -OCH3 is 1. The molecule has 0 saturated heterocycles. The fraction of sp³-hybridized carbons (Fsp3) is 0.385. The van der Waals surface area contributed by atoms with Gasteiger partial charge in [0.05, 0.1) is 12.7 Å². The molecule has 0 amide bonds. The highest BCUT2D eigenvalue weighted by molar-refractivity contribution is 7.71. The molecule has 0 spiro atoms. The van der Waals surface area contributed by atoms with Crippen LogP contribution in [-0.2, 0) is 5.54 Å². The number of aromatic nitrogens is 3. The Morgan fingerprint density at radius 2 is 2.05 bits per heavy atom. The Labute approximate surface area is 116 Å². The molecule has 0 aliphatic rings. The lowest BCUT2D eigenvalue weighted by Gasteiger charge is -2.22. The van der Waals surface area contributed by atoms with E-state index in [-0.39, 0.29) is 11.4 Å². The van der Waals surface area contributed by atoms with Crippen molar-refractivity contribution in [3.05, 3.63) is 28.8 Å². The van der Waals surface area contributed by atoms with E-state index < -0.39 is 0 Å². The molecule has 0 radical (unpaired) electrons. The number of hydrogen-bond acceptors (Lipinski definition) is 3. The lowest BCUT2D eigenvalue weighted by atomic mass is 10.1. The van der Waals surface area contributed by atoms with Gasteiger partial charge in [-0.1, -0.05) is 0 Å². The molecule has 0 aliphatic heterocycles. The summed E-state index contributed by atoms with van der Waals surface area (Å²) in [6.07, 6.45) is 0. The summed E-state index contributed by atoms with van der Waals surface area (Å²) >= 11 is 5.21. The molecule has 19 heavy (non-hydrogen) atoms. The van der Waals surface area contributed by atoms with Crippen LogP contribution in [0.2, 0.25) is 0 Å². The number of ether oxygens (including phenoxy) is 1. The number of hydrogen-bond donors (Lipinski definition) is 1. The molecule has 6 heteroatoms. The number of nitrogens with one attached hydrogen (secondary N) is 1. The lowest BCUT2D eigenvalue weighted by Crippen LogP contribution is -2.23. The van der Waals surface area contributed by atoms with Crippen molar-refractivity contribution in [3.63, 3.8) is 0 Å². The molecule has 0 unspecified atom stereocenters. The van der Waals surface area contributed by atoms with Gasteiger partial charge in [0.25, 0.3) is 0 Å². The third kappa shape index (κ3) is 2.53. The van der Waals surface area contributed by atoms with Crippen LogP contribution in [0.3, 0.4) is 0 Å². The molecule has 2 rings (SSSR count). The minimum atomic E-state index is -0.390. The van der Waals surface area contributed by atoms with Gasteiger partial charge in [0.2, 0.25) is 0 Å². The van der Waals surface area contributed by atoms with Crippen LogP contribution in [-0.4, -0.2) is 21.9 Å². The van der Waals surface area contributed by atoms with Gasteiger partial charge in [0.1, 0.15) is 11.6 Å². The third-order valence-electron chi connectivity index (χ3n) is 2.76. The number of H-pyrrole nitrogens is 1. The van der Waals surface area contributed by atoms with Gasteiger partial charge in [0, 0.05) is 11.6 Å². The second-order valence-corrected chi connectivity index (χ2v) is 5.59. The molecule has 1 heterocycles. The van der Waals surface area contributed by atoms with Gasteiger partial charge in [-0.3, -0.25) is 9.67 Å². The maximum Gasteiger partial charge on any atom is 0.195 e. The molecule has 102 valence electrons. The van der Waals surface area contributed by atoms with Crippen molar-refractivity contribution in [1.29, 1.82) is 0 Å². The zero-order valence-corrected chi connectivity index (χ0v) is 12.1. The average Bonchev–Trinajstić information content (AvgIpc) is 2.70. The van der Waals surface area contributed by atoms with Crippen molar-refractivity contribution in [2.75, 3.05) is 7.11 Å². The zero-order valence-electron chi connectivity index (χ0n) is 11.3. The molecular formula is C13H16FN3OS.